The second kappa shape index (κ2) is 9.77. The summed E-state index contributed by atoms with van der Waals surface area (Å²) in [6.45, 7) is 9.07. The zero-order valence-electron chi connectivity index (χ0n) is 13.5. The largest absolute Gasteiger partial charge is 0.329 e. The fourth-order valence-corrected chi connectivity index (χ4v) is 3.58. The molecule has 1 aliphatic rings. The van der Waals surface area contributed by atoms with E-state index in [1.54, 1.807) is 0 Å². The molecule has 1 saturated carbocycles. The van der Waals surface area contributed by atoms with Crippen molar-refractivity contribution in [3.05, 3.63) is 0 Å². The van der Waals surface area contributed by atoms with Crippen LogP contribution in [-0.2, 0) is 0 Å². The number of nitrogens with two attached hydrogens (primary N) is 1. The average molecular weight is 268 g/mol. The summed E-state index contributed by atoms with van der Waals surface area (Å²) in [4.78, 5) is 2.74. The predicted octanol–water partition coefficient (Wildman–Crippen LogP) is 4.18. The van der Waals surface area contributed by atoms with Crippen molar-refractivity contribution < 1.29 is 0 Å². The number of rotatable bonds is 8. The van der Waals surface area contributed by atoms with E-state index in [0.717, 1.165) is 12.5 Å². The SMILES string of the molecule is CCCCN(C(C)CC)C(CN)C1CCCCCC1. The molecule has 2 heteroatoms. The van der Waals surface area contributed by atoms with E-state index in [4.69, 9.17) is 5.73 Å². The molecule has 0 amide bonds. The Morgan fingerprint density at radius 1 is 1.11 bits per heavy atom. The molecule has 0 radical (unpaired) electrons. The van der Waals surface area contributed by atoms with E-state index in [2.05, 4.69) is 25.7 Å². The summed E-state index contributed by atoms with van der Waals surface area (Å²) in [5.74, 6) is 0.846. The molecule has 2 unspecified atom stereocenters. The molecule has 2 N–H and O–H groups in total. The van der Waals surface area contributed by atoms with Gasteiger partial charge in [-0.3, -0.25) is 4.90 Å². The summed E-state index contributed by atoms with van der Waals surface area (Å²) in [5, 5.41) is 0. The minimum absolute atomic E-state index is 0.625. The smallest absolute Gasteiger partial charge is 0.0249 e. The van der Waals surface area contributed by atoms with Crippen LogP contribution in [0.1, 0.15) is 78.6 Å². The molecule has 0 aromatic rings. The molecule has 1 rings (SSSR count). The van der Waals surface area contributed by atoms with Gasteiger partial charge in [-0.1, -0.05) is 46.0 Å². The van der Waals surface area contributed by atoms with Gasteiger partial charge in [0.2, 0.25) is 0 Å². The van der Waals surface area contributed by atoms with Crippen molar-refractivity contribution in [2.45, 2.75) is 90.6 Å². The summed E-state index contributed by atoms with van der Waals surface area (Å²) in [5.41, 5.74) is 6.18. The van der Waals surface area contributed by atoms with Crippen molar-refractivity contribution in [1.29, 1.82) is 0 Å². The van der Waals surface area contributed by atoms with Crippen LogP contribution in [0.2, 0.25) is 0 Å². The van der Waals surface area contributed by atoms with E-state index >= 15 is 0 Å². The third kappa shape index (κ3) is 5.43. The fourth-order valence-electron chi connectivity index (χ4n) is 3.58. The van der Waals surface area contributed by atoms with Crippen LogP contribution in [0.4, 0.5) is 0 Å². The molecule has 19 heavy (non-hydrogen) atoms. The first kappa shape index (κ1) is 17.0. The van der Waals surface area contributed by atoms with E-state index in [1.807, 2.05) is 0 Å². The number of unbranched alkanes of at least 4 members (excludes halogenated alkanes) is 1. The zero-order chi connectivity index (χ0) is 14.1. The van der Waals surface area contributed by atoms with E-state index in [-0.39, 0.29) is 0 Å². The quantitative estimate of drug-likeness (QED) is 0.669. The molecule has 1 aliphatic carbocycles. The van der Waals surface area contributed by atoms with E-state index in [9.17, 15) is 0 Å². The minimum Gasteiger partial charge on any atom is -0.329 e. The summed E-state index contributed by atoms with van der Waals surface area (Å²) in [6.07, 6.45) is 12.4. The lowest BCUT2D eigenvalue weighted by Crippen LogP contribution is -2.50. The second-order valence-corrected chi connectivity index (χ2v) is 6.40. The lowest BCUT2D eigenvalue weighted by Gasteiger charge is -2.40. The van der Waals surface area contributed by atoms with Crippen molar-refractivity contribution in [2.24, 2.45) is 11.7 Å². The molecule has 2 nitrogen and oxygen atoms in total. The van der Waals surface area contributed by atoms with Crippen LogP contribution in [0, 0.1) is 5.92 Å². The van der Waals surface area contributed by atoms with Crippen LogP contribution in [0.25, 0.3) is 0 Å². The molecule has 1 fully saturated rings. The van der Waals surface area contributed by atoms with Gasteiger partial charge in [0.25, 0.3) is 0 Å². The molecule has 0 spiro atoms. The van der Waals surface area contributed by atoms with Crippen molar-refractivity contribution in [1.82, 2.24) is 4.90 Å². The van der Waals surface area contributed by atoms with E-state index < -0.39 is 0 Å². The molecule has 0 aromatic carbocycles. The van der Waals surface area contributed by atoms with Gasteiger partial charge in [-0.15, -0.1) is 0 Å². The van der Waals surface area contributed by atoms with Gasteiger partial charge < -0.3 is 5.73 Å². The Bertz CT molecular complexity index is 209. The third-order valence-electron chi connectivity index (χ3n) is 5.04. The Kier molecular flexibility index (Phi) is 8.72. The minimum atomic E-state index is 0.625. The first-order valence-corrected chi connectivity index (χ1v) is 8.70. The highest BCUT2D eigenvalue weighted by Gasteiger charge is 2.28. The van der Waals surface area contributed by atoms with Gasteiger partial charge >= 0.3 is 0 Å². The maximum atomic E-state index is 6.18. The molecule has 0 aromatic heterocycles. The normalized spacial score (nSPS) is 21.3. The van der Waals surface area contributed by atoms with Gasteiger partial charge in [-0.2, -0.15) is 0 Å². The Morgan fingerprint density at radius 2 is 1.74 bits per heavy atom. The van der Waals surface area contributed by atoms with Crippen LogP contribution >= 0.6 is 0 Å². The number of hydrogen-bond donors (Lipinski definition) is 1. The fraction of sp³-hybridized carbons (Fsp3) is 1.00. The molecule has 0 bridgehead atoms. The molecular weight excluding hydrogens is 232 g/mol. The van der Waals surface area contributed by atoms with Gasteiger partial charge in [-0.25, -0.2) is 0 Å². The topological polar surface area (TPSA) is 29.3 Å². The monoisotopic (exact) mass is 268 g/mol. The standard InChI is InChI=1S/C17H36N2/c1-4-6-13-19(15(3)5-2)17(14-18)16-11-9-7-8-10-12-16/h15-17H,4-14,18H2,1-3H3. The highest BCUT2D eigenvalue weighted by molar-refractivity contribution is 4.84. The van der Waals surface area contributed by atoms with Crippen LogP contribution in [0.3, 0.4) is 0 Å². The van der Waals surface area contributed by atoms with Gasteiger partial charge in [-0.05, 0) is 45.1 Å². The van der Waals surface area contributed by atoms with Gasteiger partial charge in [0.05, 0.1) is 0 Å². The third-order valence-corrected chi connectivity index (χ3v) is 5.04. The van der Waals surface area contributed by atoms with Crippen LogP contribution in [0.15, 0.2) is 0 Å². The molecule has 0 heterocycles. The maximum Gasteiger partial charge on any atom is 0.0249 e. The zero-order valence-corrected chi connectivity index (χ0v) is 13.5. The van der Waals surface area contributed by atoms with Crippen molar-refractivity contribution >= 4 is 0 Å². The Morgan fingerprint density at radius 3 is 2.21 bits per heavy atom. The van der Waals surface area contributed by atoms with Crippen molar-refractivity contribution in [2.75, 3.05) is 13.1 Å². The van der Waals surface area contributed by atoms with Gasteiger partial charge in [0.15, 0.2) is 0 Å². The first-order valence-electron chi connectivity index (χ1n) is 8.70. The Labute approximate surface area is 121 Å². The predicted molar refractivity (Wildman–Crippen MR) is 85.4 cm³/mol. The maximum absolute atomic E-state index is 6.18. The summed E-state index contributed by atoms with van der Waals surface area (Å²) >= 11 is 0. The lowest BCUT2D eigenvalue weighted by atomic mass is 9.89. The molecule has 2 atom stereocenters. The summed E-state index contributed by atoms with van der Waals surface area (Å²) in [6, 6.07) is 1.31. The van der Waals surface area contributed by atoms with Crippen LogP contribution in [0.5, 0.6) is 0 Å². The lowest BCUT2D eigenvalue weighted by molar-refractivity contribution is 0.0916. The first-order chi connectivity index (χ1) is 9.24. The number of hydrogen-bond acceptors (Lipinski definition) is 2. The molecule has 114 valence electrons. The molecular formula is C17H36N2. The van der Waals surface area contributed by atoms with Crippen LogP contribution in [-0.4, -0.2) is 30.1 Å². The summed E-state index contributed by atoms with van der Waals surface area (Å²) < 4.78 is 0. The van der Waals surface area contributed by atoms with Gasteiger partial charge in [0, 0.05) is 18.6 Å². The van der Waals surface area contributed by atoms with Crippen molar-refractivity contribution in [3.63, 3.8) is 0 Å². The average Bonchev–Trinajstić information content (AvgIpc) is 2.71. The molecule has 0 aliphatic heterocycles. The highest BCUT2D eigenvalue weighted by Crippen LogP contribution is 2.29. The van der Waals surface area contributed by atoms with Crippen LogP contribution < -0.4 is 5.73 Å². The Balaban J connectivity index is 2.68. The molecule has 0 saturated heterocycles. The summed E-state index contributed by atoms with van der Waals surface area (Å²) in [7, 11) is 0. The number of nitrogens with zero attached hydrogens (tertiary/aromatic N) is 1. The van der Waals surface area contributed by atoms with E-state index in [1.165, 1.54) is 64.3 Å². The van der Waals surface area contributed by atoms with E-state index in [0.29, 0.717) is 12.1 Å². The van der Waals surface area contributed by atoms with Crippen molar-refractivity contribution in [3.8, 4) is 0 Å². The Hall–Kier alpha value is -0.0800. The highest BCUT2D eigenvalue weighted by atomic mass is 15.2. The second-order valence-electron chi connectivity index (χ2n) is 6.40. The van der Waals surface area contributed by atoms with Gasteiger partial charge in [0.1, 0.15) is 0 Å².